The fraction of sp³-hybridized carbons (Fsp3) is 0.316. The number of hydrogen-bond donors (Lipinski definition) is 2. The average molecular weight is 351 g/mol. The lowest BCUT2D eigenvalue weighted by molar-refractivity contribution is 0.0958. The maximum atomic E-state index is 12.7. The number of nitrogens with one attached hydrogen (secondary N) is 1. The largest absolute Gasteiger partial charge is 0.496 e. The van der Waals surface area contributed by atoms with Crippen LogP contribution in [0.3, 0.4) is 0 Å². The summed E-state index contributed by atoms with van der Waals surface area (Å²) in [6.07, 6.45) is 0.651. The van der Waals surface area contributed by atoms with Gasteiger partial charge in [0.15, 0.2) is 5.65 Å². The molecule has 3 aromatic rings. The highest BCUT2D eigenvalue weighted by Gasteiger charge is 2.29. The summed E-state index contributed by atoms with van der Waals surface area (Å²) in [7, 11) is 1.64. The van der Waals surface area contributed by atoms with Crippen LogP contribution in [0.2, 0.25) is 0 Å². The van der Waals surface area contributed by atoms with Gasteiger partial charge in [-0.25, -0.2) is 9.97 Å². The second-order valence-electron chi connectivity index (χ2n) is 6.58. The smallest absolute Gasteiger partial charge is 0.255 e. The molecule has 0 saturated carbocycles. The Morgan fingerprint density at radius 1 is 1.23 bits per heavy atom. The highest BCUT2D eigenvalue weighted by Crippen LogP contribution is 2.37. The predicted octanol–water partition coefficient (Wildman–Crippen LogP) is 2.22. The van der Waals surface area contributed by atoms with Crippen LogP contribution in [0.25, 0.3) is 16.7 Å². The summed E-state index contributed by atoms with van der Waals surface area (Å²) < 4.78 is 7.34. The molecule has 7 nitrogen and oxygen atoms in total. The number of nitrogen functional groups attached to an aromatic ring is 1. The maximum Gasteiger partial charge on any atom is 0.255 e. The standard InChI is InChI=1S/C19H21N5O2/c1-9-5-6-13(26-4)10(2)16(9)24-17(20)15-14-12(7-8-21-19(15)25)22-11(3)23-18(14)24/h5-6H,7-8,20H2,1-4H3,(H,21,25). The molecule has 1 aliphatic rings. The molecule has 2 aromatic heterocycles. The van der Waals surface area contributed by atoms with Gasteiger partial charge in [0.25, 0.3) is 5.91 Å². The minimum atomic E-state index is -0.185. The van der Waals surface area contributed by atoms with E-state index in [0.717, 1.165) is 33.6 Å². The van der Waals surface area contributed by atoms with E-state index in [1.807, 2.05) is 37.5 Å². The summed E-state index contributed by atoms with van der Waals surface area (Å²) in [4.78, 5) is 21.8. The summed E-state index contributed by atoms with van der Waals surface area (Å²) >= 11 is 0. The van der Waals surface area contributed by atoms with Gasteiger partial charge in [-0.3, -0.25) is 9.36 Å². The number of aromatic nitrogens is 3. The van der Waals surface area contributed by atoms with Crippen LogP contribution in [-0.4, -0.2) is 34.1 Å². The molecular weight excluding hydrogens is 330 g/mol. The van der Waals surface area contributed by atoms with E-state index in [2.05, 4.69) is 15.3 Å². The second kappa shape index (κ2) is 5.72. The first-order valence-electron chi connectivity index (χ1n) is 8.54. The Morgan fingerprint density at radius 2 is 2.00 bits per heavy atom. The Balaban J connectivity index is 2.19. The van der Waals surface area contributed by atoms with Gasteiger partial charge in [0.2, 0.25) is 0 Å². The number of carbonyl (C=O) groups excluding carboxylic acids is 1. The Labute approximate surface area is 151 Å². The number of hydrogen-bond acceptors (Lipinski definition) is 5. The maximum absolute atomic E-state index is 12.7. The number of aryl methyl sites for hydroxylation is 2. The second-order valence-corrected chi connectivity index (χ2v) is 6.58. The number of nitrogens with two attached hydrogens (primary N) is 1. The van der Waals surface area contributed by atoms with Crippen LogP contribution in [0.1, 0.15) is 33.0 Å². The summed E-state index contributed by atoms with van der Waals surface area (Å²) in [6.45, 7) is 6.38. The van der Waals surface area contributed by atoms with Crippen molar-refractivity contribution in [2.24, 2.45) is 0 Å². The highest BCUT2D eigenvalue weighted by molar-refractivity contribution is 6.13. The number of rotatable bonds is 2. The van der Waals surface area contributed by atoms with E-state index < -0.39 is 0 Å². The van der Waals surface area contributed by atoms with Crippen molar-refractivity contribution in [2.75, 3.05) is 19.4 Å². The Morgan fingerprint density at radius 3 is 2.73 bits per heavy atom. The number of ether oxygens (including phenoxy) is 1. The van der Waals surface area contributed by atoms with Gasteiger partial charge in [0, 0.05) is 18.5 Å². The summed E-state index contributed by atoms with van der Waals surface area (Å²) in [5.74, 6) is 1.61. The Hall–Kier alpha value is -3.09. The normalized spacial score (nSPS) is 13.6. The molecule has 0 spiro atoms. The topological polar surface area (TPSA) is 95.1 Å². The first kappa shape index (κ1) is 16.4. The van der Waals surface area contributed by atoms with Gasteiger partial charge < -0.3 is 15.8 Å². The monoisotopic (exact) mass is 351 g/mol. The fourth-order valence-electron chi connectivity index (χ4n) is 3.79. The molecule has 0 atom stereocenters. The third-order valence-electron chi connectivity index (χ3n) is 4.94. The zero-order chi connectivity index (χ0) is 18.6. The number of amides is 1. The molecule has 0 fully saturated rings. The quantitative estimate of drug-likeness (QED) is 0.738. The molecule has 134 valence electrons. The molecule has 0 aliphatic carbocycles. The molecule has 0 unspecified atom stereocenters. The summed E-state index contributed by atoms with van der Waals surface area (Å²) in [5.41, 5.74) is 11.3. The van der Waals surface area contributed by atoms with Crippen LogP contribution in [0.4, 0.5) is 5.82 Å². The molecule has 0 bridgehead atoms. The number of carbonyl (C=O) groups is 1. The van der Waals surface area contributed by atoms with Crippen molar-refractivity contribution in [3.8, 4) is 11.4 Å². The molecule has 1 amide bonds. The van der Waals surface area contributed by atoms with E-state index in [-0.39, 0.29) is 5.91 Å². The lowest BCUT2D eigenvalue weighted by atomic mass is 10.1. The minimum Gasteiger partial charge on any atom is -0.496 e. The van der Waals surface area contributed by atoms with Crippen molar-refractivity contribution in [2.45, 2.75) is 27.2 Å². The predicted molar refractivity (Wildman–Crippen MR) is 100 cm³/mol. The number of nitrogens with zero attached hydrogens (tertiary/aromatic N) is 3. The zero-order valence-corrected chi connectivity index (χ0v) is 15.3. The first-order chi connectivity index (χ1) is 12.4. The van der Waals surface area contributed by atoms with E-state index in [0.29, 0.717) is 35.8 Å². The third-order valence-corrected chi connectivity index (χ3v) is 4.94. The van der Waals surface area contributed by atoms with Gasteiger partial charge in [0.1, 0.15) is 17.4 Å². The van der Waals surface area contributed by atoms with Gasteiger partial charge in [-0.15, -0.1) is 0 Å². The van der Waals surface area contributed by atoms with E-state index in [1.165, 1.54) is 0 Å². The van der Waals surface area contributed by atoms with Gasteiger partial charge in [-0.1, -0.05) is 6.07 Å². The number of methoxy groups -OCH3 is 1. The van der Waals surface area contributed by atoms with Crippen molar-refractivity contribution in [3.05, 3.63) is 40.3 Å². The highest BCUT2D eigenvalue weighted by atomic mass is 16.5. The van der Waals surface area contributed by atoms with Crippen LogP contribution >= 0.6 is 0 Å². The van der Waals surface area contributed by atoms with Gasteiger partial charge in [0.05, 0.1) is 29.4 Å². The van der Waals surface area contributed by atoms with E-state index in [1.54, 1.807) is 7.11 Å². The van der Waals surface area contributed by atoms with Crippen molar-refractivity contribution >= 4 is 22.8 Å². The summed E-state index contributed by atoms with van der Waals surface area (Å²) in [5, 5.41) is 3.64. The summed E-state index contributed by atoms with van der Waals surface area (Å²) in [6, 6.07) is 3.91. The van der Waals surface area contributed by atoms with Crippen LogP contribution in [0, 0.1) is 20.8 Å². The molecule has 0 radical (unpaired) electrons. The van der Waals surface area contributed by atoms with Gasteiger partial charge in [-0.05, 0) is 32.4 Å². The fourth-order valence-corrected chi connectivity index (χ4v) is 3.79. The lowest BCUT2D eigenvalue weighted by Crippen LogP contribution is -2.24. The van der Waals surface area contributed by atoms with Crippen LogP contribution in [-0.2, 0) is 6.42 Å². The Kier molecular flexibility index (Phi) is 3.61. The molecule has 4 rings (SSSR count). The average Bonchev–Trinajstić information content (AvgIpc) is 2.76. The van der Waals surface area contributed by atoms with E-state index in [9.17, 15) is 4.79 Å². The minimum absolute atomic E-state index is 0.185. The van der Waals surface area contributed by atoms with E-state index in [4.69, 9.17) is 10.5 Å². The van der Waals surface area contributed by atoms with Gasteiger partial charge >= 0.3 is 0 Å². The van der Waals surface area contributed by atoms with E-state index >= 15 is 0 Å². The molecular formula is C19H21N5O2. The molecule has 1 aliphatic heterocycles. The van der Waals surface area contributed by atoms with Crippen LogP contribution in [0.15, 0.2) is 12.1 Å². The molecule has 1 aromatic carbocycles. The van der Waals surface area contributed by atoms with Crippen molar-refractivity contribution in [1.29, 1.82) is 0 Å². The Bertz CT molecular complexity index is 1070. The molecule has 3 heterocycles. The van der Waals surface area contributed by atoms with Crippen molar-refractivity contribution in [1.82, 2.24) is 19.9 Å². The van der Waals surface area contributed by atoms with Crippen molar-refractivity contribution in [3.63, 3.8) is 0 Å². The molecule has 0 saturated heterocycles. The van der Waals surface area contributed by atoms with Crippen molar-refractivity contribution < 1.29 is 9.53 Å². The first-order valence-corrected chi connectivity index (χ1v) is 8.54. The zero-order valence-electron chi connectivity index (χ0n) is 15.3. The SMILES string of the molecule is COc1ccc(C)c(-n2c(N)c3c4c(nc(C)nc42)CCNC3=O)c1C. The lowest BCUT2D eigenvalue weighted by Gasteiger charge is -2.17. The number of benzene rings is 1. The van der Waals surface area contributed by atoms with Crippen LogP contribution < -0.4 is 15.8 Å². The molecule has 7 heteroatoms. The van der Waals surface area contributed by atoms with Crippen LogP contribution in [0.5, 0.6) is 5.75 Å². The molecule has 26 heavy (non-hydrogen) atoms. The van der Waals surface area contributed by atoms with Gasteiger partial charge in [-0.2, -0.15) is 0 Å². The molecule has 3 N–H and O–H groups in total. The third kappa shape index (κ3) is 2.16. The number of anilines is 1.